The highest BCUT2D eigenvalue weighted by Gasteiger charge is 2.45. The van der Waals surface area contributed by atoms with Crippen LogP contribution in [-0.4, -0.2) is 33.2 Å². The Morgan fingerprint density at radius 1 is 1.03 bits per heavy atom. The molecule has 0 saturated heterocycles. The zero-order valence-corrected chi connectivity index (χ0v) is 21.7. The first kappa shape index (κ1) is 24.7. The molecule has 2 aromatic carbocycles. The van der Waals surface area contributed by atoms with E-state index in [1.54, 1.807) is 6.07 Å². The van der Waals surface area contributed by atoms with Crippen molar-refractivity contribution in [3.8, 4) is 0 Å². The van der Waals surface area contributed by atoms with Gasteiger partial charge < -0.3 is 14.7 Å². The van der Waals surface area contributed by atoms with Gasteiger partial charge in [0.25, 0.3) is 0 Å². The molecular weight excluding hydrogens is 443 g/mol. The summed E-state index contributed by atoms with van der Waals surface area (Å²) in [4.78, 5) is 21.7. The normalized spacial score (nSPS) is 19.9. The second-order valence-electron chi connectivity index (χ2n) is 10.1. The Morgan fingerprint density at radius 3 is 2.35 bits per heavy atom. The van der Waals surface area contributed by atoms with Crippen LogP contribution in [0.25, 0.3) is 0 Å². The molecule has 4 rings (SSSR count). The monoisotopic (exact) mass is 477 g/mol. The molecule has 0 spiro atoms. The molecule has 2 aromatic rings. The summed E-state index contributed by atoms with van der Waals surface area (Å²) in [5, 5.41) is 0.0612. The first-order valence-electron chi connectivity index (χ1n) is 11.8. The van der Waals surface area contributed by atoms with E-state index in [1.165, 1.54) is 23.0 Å². The first-order chi connectivity index (χ1) is 15.8. The number of rotatable bonds is 5. The molecule has 6 heteroatoms. The molecule has 0 bridgehead atoms. The third-order valence-electron chi connectivity index (χ3n) is 7.27. The Hall–Kier alpha value is -2.46. The van der Waals surface area contributed by atoms with Gasteiger partial charge >= 0.3 is 7.60 Å². The van der Waals surface area contributed by atoms with Gasteiger partial charge in [0.1, 0.15) is 6.54 Å². The standard InChI is InChI=1S/C28H33N2O3P/c1-8-29-23-15-13-19(3)17-21(23)27(4,5)25(29)11-10-12-26-28(6,7)22-18-20(34(31,32)33)14-16-24(22)30(26)9-2/h3,10-18H,8-9H2,1-2,4-7H3,(H-,31,32,33)/p+1. The lowest BCUT2D eigenvalue weighted by atomic mass is 9.81. The van der Waals surface area contributed by atoms with Gasteiger partial charge in [0, 0.05) is 41.1 Å². The van der Waals surface area contributed by atoms with Crippen LogP contribution in [0, 0.1) is 6.92 Å². The highest BCUT2D eigenvalue weighted by atomic mass is 31.2. The van der Waals surface area contributed by atoms with Crippen molar-refractivity contribution in [1.29, 1.82) is 0 Å². The molecule has 2 aliphatic heterocycles. The van der Waals surface area contributed by atoms with Gasteiger partial charge in [0.05, 0.1) is 10.7 Å². The van der Waals surface area contributed by atoms with Crippen molar-refractivity contribution >= 4 is 30.0 Å². The maximum atomic E-state index is 11.9. The molecule has 2 aliphatic rings. The Balaban J connectivity index is 1.75. The minimum absolute atomic E-state index is 0.0612. The van der Waals surface area contributed by atoms with Gasteiger partial charge in [-0.15, -0.1) is 0 Å². The number of allylic oxidation sites excluding steroid dienone is 4. The van der Waals surface area contributed by atoms with Crippen LogP contribution in [0.5, 0.6) is 0 Å². The zero-order chi connectivity index (χ0) is 25.1. The van der Waals surface area contributed by atoms with E-state index in [2.05, 4.69) is 81.4 Å². The van der Waals surface area contributed by atoms with Crippen molar-refractivity contribution in [2.24, 2.45) is 0 Å². The van der Waals surface area contributed by atoms with Crippen molar-refractivity contribution in [3.63, 3.8) is 0 Å². The lowest BCUT2D eigenvalue weighted by Gasteiger charge is -2.25. The van der Waals surface area contributed by atoms with Crippen molar-refractivity contribution in [3.05, 3.63) is 83.9 Å². The molecule has 0 fully saturated rings. The molecule has 0 aliphatic carbocycles. The highest BCUT2D eigenvalue weighted by Crippen LogP contribution is 2.48. The average Bonchev–Trinajstić information content (AvgIpc) is 3.11. The zero-order valence-electron chi connectivity index (χ0n) is 20.8. The van der Waals surface area contributed by atoms with Gasteiger partial charge in [-0.25, -0.2) is 0 Å². The van der Waals surface area contributed by atoms with Crippen molar-refractivity contribution in [2.75, 3.05) is 18.0 Å². The number of fused-ring (bicyclic) bond motifs is 2. The van der Waals surface area contributed by atoms with E-state index in [9.17, 15) is 14.4 Å². The Morgan fingerprint density at radius 2 is 1.74 bits per heavy atom. The van der Waals surface area contributed by atoms with E-state index in [-0.39, 0.29) is 10.7 Å². The lowest BCUT2D eigenvalue weighted by molar-refractivity contribution is -0.433. The van der Waals surface area contributed by atoms with Crippen LogP contribution in [0.4, 0.5) is 11.4 Å². The minimum atomic E-state index is -4.32. The Bertz CT molecular complexity index is 1290. The second kappa shape index (κ2) is 8.34. The Labute approximate surface area is 203 Å². The van der Waals surface area contributed by atoms with Crippen molar-refractivity contribution in [2.45, 2.75) is 52.4 Å². The SMILES string of the molecule is [CH]c1ccc2c(c1)C(C)(C)/C(=C\C=C\C1=[N+](CC)c3ccc(P(=O)(O)O)cc3C1(C)C)N2CC. The van der Waals surface area contributed by atoms with Crippen LogP contribution in [-0.2, 0) is 15.4 Å². The molecule has 0 atom stereocenters. The minimum Gasteiger partial charge on any atom is -0.344 e. The summed E-state index contributed by atoms with van der Waals surface area (Å²) in [6.45, 7) is 20.6. The van der Waals surface area contributed by atoms with Crippen LogP contribution >= 0.6 is 7.60 Å². The topological polar surface area (TPSA) is 63.8 Å². The summed E-state index contributed by atoms with van der Waals surface area (Å²) in [5.41, 5.74) is 6.88. The van der Waals surface area contributed by atoms with Crippen molar-refractivity contribution < 1.29 is 18.9 Å². The lowest BCUT2D eigenvalue weighted by Crippen LogP contribution is -2.28. The van der Waals surface area contributed by atoms with E-state index >= 15 is 0 Å². The molecule has 0 aromatic heterocycles. The third kappa shape index (κ3) is 3.80. The molecule has 2 heterocycles. The van der Waals surface area contributed by atoms with E-state index in [1.807, 2.05) is 12.1 Å². The van der Waals surface area contributed by atoms with E-state index in [4.69, 9.17) is 6.92 Å². The molecule has 0 unspecified atom stereocenters. The van der Waals surface area contributed by atoms with E-state index < -0.39 is 13.0 Å². The number of nitrogens with zero attached hydrogens (tertiary/aromatic N) is 2. The van der Waals surface area contributed by atoms with Gasteiger partial charge in [0.2, 0.25) is 5.69 Å². The largest absolute Gasteiger partial charge is 0.356 e. The van der Waals surface area contributed by atoms with E-state index in [0.717, 1.165) is 35.6 Å². The van der Waals surface area contributed by atoms with Crippen LogP contribution < -0.4 is 10.2 Å². The van der Waals surface area contributed by atoms with Gasteiger partial charge in [-0.2, -0.15) is 4.58 Å². The summed E-state index contributed by atoms with van der Waals surface area (Å²) in [6.07, 6.45) is 6.42. The van der Waals surface area contributed by atoms with Crippen LogP contribution in [0.1, 0.15) is 58.2 Å². The van der Waals surface area contributed by atoms with Crippen LogP contribution in [0.2, 0.25) is 0 Å². The second-order valence-corrected chi connectivity index (χ2v) is 11.7. The van der Waals surface area contributed by atoms with Gasteiger partial charge in [-0.1, -0.05) is 32.1 Å². The maximum Gasteiger partial charge on any atom is 0.356 e. The number of benzene rings is 2. The van der Waals surface area contributed by atoms with Gasteiger partial charge in [0.15, 0.2) is 5.71 Å². The summed E-state index contributed by atoms with van der Waals surface area (Å²) in [6, 6.07) is 11.2. The van der Waals surface area contributed by atoms with Crippen LogP contribution in [0.3, 0.4) is 0 Å². The number of hydrogen-bond acceptors (Lipinski definition) is 2. The molecule has 0 amide bonds. The fourth-order valence-corrected chi connectivity index (χ4v) is 6.02. The molecule has 178 valence electrons. The predicted molar refractivity (Wildman–Crippen MR) is 140 cm³/mol. The molecule has 0 saturated carbocycles. The van der Waals surface area contributed by atoms with E-state index in [0.29, 0.717) is 0 Å². The number of hydrogen-bond donors (Lipinski definition) is 2. The Kier molecular flexibility index (Phi) is 6.05. The highest BCUT2D eigenvalue weighted by molar-refractivity contribution is 7.60. The molecule has 2 N–H and O–H groups in total. The molecular formula is C28H34N2O3P+. The van der Waals surface area contributed by atoms with Gasteiger partial charge in [-0.05, 0) is 70.0 Å². The molecule has 2 radical (unpaired) electrons. The summed E-state index contributed by atoms with van der Waals surface area (Å²) in [7, 11) is -4.32. The quantitative estimate of drug-likeness (QED) is 0.459. The third-order valence-corrected chi connectivity index (χ3v) is 8.22. The summed E-state index contributed by atoms with van der Waals surface area (Å²) in [5.74, 6) is 0. The summed E-state index contributed by atoms with van der Waals surface area (Å²) < 4.78 is 14.1. The molecule has 5 nitrogen and oxygen atoms in total. The van der Waals surface area contributed by atoms with Crippen molar-refractivity contribution in [1.82, 2.24) is 0 Å². The summed E-state index contributed by atoms with van der Waals surface area (Å²) >= 11 is 0. The fourth-order valence-electron chi connectivity index (χ4n) is 5.45. The number of anilines is 1. The predicted octanol–water partition coefficient (Wildman–Crippen LogP) is 5.20. The average molecular weight is 478 g/mol. The fraction of sp³-hybridized carbons (Fsp3) is 0.357. The molecule has 34 heavy (non-hydrogen) atoms. The smallest absolute Gasteiger partial charge is 0.344 e. The van der Waals surface area contributed by atoms with Crippen LogP contribution in [0.15, 0.2) is 60.3 Å². The first-order valence-corrected chi connectivity index (χ1v) is 13.4. The van der Waals surface area contributed by atoms with Gasteiger partial charge in [-0.3, -0.25) is 4.57 Å². The maximum absolute atomic E-state index is 11.9. The number of likely N-dealkylation sites (N-methyl/N-ethyl adjacent to an activating group) is 1.